The Hall–Kier alpha value is -3.64. The number of amides is 2. The molecular formula is C28H32N3O3. The number of carbonyl (C=O) groups is 2. The highest BCUT2D eigenvalue weighted by Crippen LogP contribution is 2.11. The van der Waals surface area contributed by atoms with Crippen molar-refractivity contribution in [3.05, 3.63) is 102 Å². The lowest BCUT2D eigenvalue weighted by molar-refractivity contribution is -0.129. The third-order valence-electron chi connectivity index (χ3n) is 5.60. The number of phenols is 1. The summed E-state index contributed by atoms with van der Waals surface area (Å²) in [4.78, 5) is 25.6. The molecule has 0 saturated carbocycles. The highest BCUT2D eigenvalue weighted by molar-refractivity contribution is 5.89. The molecule has 3 rings (SSSR count). The van der Waals surface area contributed by atoms with Crippen molar-refractivity contribution < 1.29 is 14.7 Å². The molecule has 177 valence electrons. The Bertz CT molecular complexity index is 1040. The first-order valence-electron chi connectivity index (χ1n) is 11.6. The Morgan fingerprint density at radius 2 is 1.62 bits per heavy atom. The van der Waals surface area contributed by atoms with Crippen molar-refractivity contribution in [3.8, 4) is 5.75 Å². The molecule has 0 aliphatic rings. The first-order chi connectivity index (χ1) is 16.5. The van der Waals surface area contributed by atoms with E-state index in [1.54, 1.807) is 37.3 Å². The lowest BCUT2D eigenvalue weighted by atomic mass is 10.0. The first-order valence-corrected chi connectivity index (χ1v) is 11.6. The van der Waals surface area contributed by atoms with E-state index < -0.39 is 12.1 Å². The molecule has 4 N–H and O–H groups in total. The van der Waals surface area contributed by atoms with Gasteiger partial charge < -0.3 is 21.1 Å². The van der Waals surface area contributed by atoms with Gasteiger partial charge in [-0.3, -0.25) is 9.59 Å². The molecule has 6 nitrogen and oxygen atoms in total. The number of benzene rings is 3. The maximum Gasteiger partial charge on any atom is 0.242 e. The zero-order valence-corrected chi connectivity index (χ0v) is 19.5. The molecule has 0 aliphatic carbocycles. The van der Waals surface area contributed by atoms with Gasteiger partial charge in [0.2, 0.25) is 11.8 Å². The van der Waals surface area contributed by atoms with E-state index in [1.165, 1.54) is 0 Å². The molecule has 0 bridgehead atoms. The fourth-order valence-electron chi connectivity index (χ4n) is 3.65. The van der Waals surface area contributed by atoms with Gasteiger partial charge in [-0.2, -0.15) is 0 Å². The van der Waals surface area contributed by atoms with E-state index in [4.69, 9.17) is 0 Å². The van der Waals surface area contributed by atoms with Gasteiger partial charge in [-0.05, 0) is 67.6 Å². The lowest BCUT2D eigenvalue weighted by Gasteiger charge is -2.21. The highest BCUT2D eigenvalue weighted by atomic mass is 16.3. The Morgan fingerprint density at radius 3 is 2.35 bits per heavy atom. The minimum absolute atomic E-state index is 0.205. The van der Waals surface area contributed by atoms with Crippen molar-refractivity contribution in [2.75, 3.05) is 6.54 Å². The number of rotatable bonds is 12. The van der Waals surface area contributed by atoms with Crippen LogP contribution in [-0.2, 0) is 29.0 Å². The molecule has 1 radical (unpaired) electrons. The topological polar surface area (TPSA) is 90.5 Å². The third kappa shape index (κ3) is 8.37. The number of aromatic hydroxyl groups is 1. The van der Waals surface area contributed by atoms with Crippen LogP contribution in [-0.4, -0.2) is 35.5 Å². The molecule has 34 heavy (non-hydrogen) atoms. The molecule has 2 amide bonds. The van der Waals surface area contributed by atoms with E-state index in [0.717, 1.165) is 23.1 Å². The van der Waals surface area contributed by atoms with Crippen LogP contribution < -0.4 is 16.0 Å². The van der Waals surface area contributed by atoms with Gasteiger partial charge in [0.15, 0.2) is 0 Å². The standard InChI is InChI=1S/C28H32N3O3/c1-21(27(33)30-20-24-11-6-3-7-12-24)31-28(34)26(16-15-22-9-4-2-5-10-22)29-18-17-23-13-8-14-25(32)19-23/h2,4-14,19,21,26,29,32H,15-18,20H2,1H3,(H,30,33)(H,31,34)/t21-,26+/m0/s1. The average molecular weight is 459 g/mol. The minimum atomic E-state index is -0.658. The number of aryl methyl sites for hydroxylation is 1. The monoisotopic (exact) mass is 458 g/mol. The van der Waals surface area contributed by atoms with Crippen molar-refractivity contribution in [2.45, 2.75) is 44.8 Å². The van der Waals surface area contributed by atoms with E-state index in [-0.39, 0.29) is 17.6 Å². The SMILES string of the molecule is C[C@H](NC(=O)[C@@H](CCc1ccccc1)NCCc1cccc(O)c1)C(=O)NCc1cc[c]cc1. The van der Waals surface area contributed by atoms with Crippen molar-refractivity contribution in [3.63, 3.8) is 0 Å². The Morgan fingerprint density at radius 1 is 0.882 bits per heavy atom. The summed E-state index contributed by atoms with van der Waals surface area (Å²) < 4.78 is 0. The van der Waals surface area contributed by atoms with Crippen LogP contribution in [0.25, 0.3) is 0 Å². The molecule has 0 heterocycles. The first kappa shape index (κ1) is 25.0. The molecule has 3 aromatic rings. The summed E-state index contributed by atoms with van der Waals surface area (Å²) in [5, 5.41) is 18.7. The molecule has 2 atom stereocenters. The zero-order chi connectivity index (χ0) is 24.2. The fraction of sp³-hybridized carbons (Fsp3) is 0.286. The summed E-state index contributed by atoms with van der Waals surface area (Å²) in [5.74, 6) is -0.212. The number of phenolic OH excluding ortho intramolecular Hbond substituents is 1. The smallest absolute Gasteiger partial charge is 0.242 e. The number of carbonyl (C=O) groups excluding carboxylic acids is 2. The summed E-state index contributed by atoms with van der Waals surface area (Å²) >= 11 is 0. The van der Waals surface area contributed by atoms with Crippen LogP contribution in [0.2, 0.25) is 0 Å². The van der Waals surface area contributed by atoms with Gasteiger partial charge in [-0.1, -0.05) is 66.7 Å². The normalized spacial score (nSPS) is 12.5. The van der Waals surface area contributed by atoms with E-state index >= 15 is 0 Å². The molecule has 0 spiro atoms. The van der Waals surface area contributed by atoms with Crippen LogP contribution in [0.4, 0.5) is 0 Å². The van der Waals surface area contributed by atoms with Crippen LogP contribution in [0, 0.1) is 6.07 Å². The second kappa shape index (κ2) is 13.2. The summed E-state index contributed by atoms with van der Waals surface area (Å²) in [6.45, 7) is 2.66. The zero-order valence-electron chi connectivity index (χ0n) is 19.5. The van der Waals surface area contributed by atoms with Crippen LogP contribution >= 0.6 is 0 Å². The minimum Gasteiger partial charge on any atom is -0.508 e. The average Bonchev–Trinajstić information content (AvgIpc) is 2.85. The molecule has 0 unspecified atom stereocenters. The Kier molecular flexibility index (Phi) is 9.67. The Balaban J connectivity index is 1.54. The van der Waals surface area contributed by atoms with Crippen molar-refractivity contribution in [1.29, 1.82) is 0 Å². The second-order valence-corrected chi connectivity index (χ2v) is 8.31. The van der Waals surface area contributed by atoms with Gasteiger partial charge in [-0.25, -0.2) is 0 Å². The fourth-order valence-corrected chi connectivity index (χ4v) is 3.65. The predicted octanol–water partition coefficient (Wildman–Crippen LogP) is 3.15. The maximum atomic E-state index is 13.1. The number of hydrogen-bond acceptors (Lipinski definition) is 4. The van der Waals surface area contributed by atoms with Gasteiger partial charge >= 0.3 is 0 Å². The van der Waals surface area contributed by atoms with Crippen LogP contribution in [0.15, 0.2) is 78.9 Å². The third-order valence-corrected chi connectivity index (χ3v) is 5.60. The Labute approximate surface area is 201 Å². The van der Waals surface area contributed by atoms with Gasteiger partial charge in [0.05, 0.1) is 6.04 Å². The molecule has 3 aromatic carbocycles. The van der Waals surface area contributed by atoms with E-state index in [2.05, 4.69) is 22.0 Å². The van der Waals surface area contributed by atoms with Gasteiger partial charge in [0.1, 0.15) is 11.8 Å². The maximum absolute atomic E-state index is 13.1. The summed E-state index contributed by atoms with van der Waals surface area (Å²) in [5.41, 5.74) is 3.11. The second-order valence-electron chi connectivity index (χ2n) is 8.31. The molecule has 0 aliphatic heterocycles. The number of nitrogens with one attached hydrogen (secondary N) is 3. The quantitative estimate of drug-likeness (QED) is 0.336. The summed E-state index contributed by atoms with van der Waals surface area (Å²) in [6.07, 6.45) is 2.02. The molecule has 6 heteroatoms. The van der Waals surface area contributed by atoms with Crippen molar-refractivity contribution >= 4 is 11.8 Å². The largest absolute Gasteiger partial charge is 0.508 e. The number of hydrogen-bond donors (Lipinski definition) is 4. The van der Waals surface area contributed by atoms with Crippen molar-refractivity contribution in [2.24, 2.45) is 0 Å². The van der Waals surface area contributed by atoms with E-state index in [9.17, 15) is 14.7 Å². The van der Waals surface area contributed by atoms with Crippen molar-refractivity contribution in [1.82, 2.24) is 16.0 Å². The van der Waals surface area contributed by atoms with Crippen LogP contribution in [0.5, 0.6) is 5.75 Å². The van der Waals surface area contributed by atoms with Crippen LogP contribution in [0.1, 0.15) is 30.0 Å². The van der Waals surface area contributed by atoms with E-state index in [1.807, 2.05) is 48.5 Å². The molecule has 0 aromatic heterocycles. The molecule has 0 saturated heterocycles. The summed E-state index contributed by atoms with van der Waals surface area (Å²) in [7, 11) is 0. The van der Waals surface area contributed by atoms with Gasteiger partial charge in [0.25, 0.3) is 0 Å². The molecule has 0 fully saturated rings. The van der Waals surface area contributed by atoms with E-state index in [0.29, 0.717) is 25.9 Å². The van der Waals surface area contributed by atoms with Gasteiger partial charge in [-0.15, -0.1) is 0 Å². The molecular weight excluding hydrogens is 426 g/mol. The van der Waals surface area contributed by atoms with Gasteiger partial charge in [0, 0.05) is 6.54 Å². The lowest BCUT2D eigenvalue weighted by Crippen LogP contribution is -2.52. The predicted molar refractivity (Wildman–Crippen MR) is 133 cm³/mol. The summed E-state index contributed by atoms with van der Waals surface area (Å²) in [6, 6.07) is 26.3. The highest BCUT2D eigenvalue weighted by Gasteiger charge is 2.22. The van der Waals surface area contributed by atoms with Crippen LogP contribution in [0.3, 0.4) is 0 Å².